The fraction of sp³-hybridized carbons (Fsp3) is 0.493. The van der Waals surface area contributed by atoms with Gasteiger partial charge in [-0.1, -0.05) is 97.1 Å². The van der Waals surface area contributed by atoms with E-state index in [4.69, 9.17) is 53.4 Å². The van der Waals surface area contributed by atoms with Crippen molar-refractivity contribution < 1.29 is 70.5 Å². The van der Waals surface area contributed by atoms with E-state index in [-0.39, 0.29) is 110 Å². The largest absolute Gasteiger partial charge is 0.426 e. The van der Waals surface area contributed by atoms with Gasteiger partial charge in [0.25, 0.3) is 17.7 Å². The minimum atomic E-state index is -0.904. The lowest BCUT2D eigenvalue weighted by molar-refractivity contribution is -0.141. The van der Waals surface area contributed by atoms with Crippen molar-refractivity contribution in [1.29, 1.82) is 0 Å². The van der Waals surface area contributed by atoms with Crippen molar-refractivity contribution in [2.75, 3.05) is 52.6 Å². The van der Waals surface area contributed by atoms with Crippen molar-refractivity contribution in [3.05, 3.63) is 150 Å². The molecule has 32 heteroatoms. The highest BCUT2D eigenvalue weighted by Gasteiger charge is 2.43. The van der Waals surface area contributed by atoms with Gasteiger partial charge in [0.1, 0.15) is 46.6 Å². The number of aromatic nitrogens is 8. The average Bonchev–Trinajstić information content (AvgIpc) is 1.64. The molecule has 103 heavy (non-hydrogen) atoms. The monoisotopic (exact) mass is 1490 g/mol. The zero-order chi connectivity index (χ0) is 74.6. The number of halogens is 6. The first kappa shape index (κ1) is 77.0. The molecule has 0 bridgehead atoms. The predicted octanol–water partition coefficient (Wildman–Crippen LogP) is 8.48. The standard InChI is InChI=1S/C24H27ClFN5O4.C24H30ClFN4O4.C23H27ClFN5O4/c1-13-28-29-20(35-13)8-7-19(32)22(24(2,3)4)27-23(33)21-15-12-34-10-9-17(15)31(30-21)18-11-14(25)5-6-16(18)26;1-24(2,3)21(23(33)29-9-4-5-15(29)12-31)27-22(32)20-16-13-34-10-8-18(16)30(28-20)19-11-14(25)6-7-17(19)26;1-23(2,3)20(22(33)29-8-7-26-18(31)11-29)27-21(32)19-14-12-34-9-6-16(14)30(28-19)17-10-13(24)4-5-15(17)25/h5-6,11,22H,7-10,12H2,1-4H3,(H,27,33);6-7,11,15,21,31H,4-5,8-10,12-13H2,1-3H3,(H,27,32);4-5,10,20H,6-9,11-12H2,1-3H3,(H,26,31)(H,27,32)/t22-;15-,21+;20-/m101/s1. The molecule has 26 nitrogen and oxygen atoms in total. The number of fused-ring (bicyclic) bond motifs is 3. The molecule has 552 valence electrons. The number of piperazine rings is 1. The van der Waals surface area contributed by atoms with Crippen LogP contribution in [0.25, 0.3) is 17.1 Å². The Kier molecular flexibility index (Phi) is 24.1. The van der Waals surface area contributed by atoms with Gasteiger partial charge in [0.2, 0.25) is 29.5 Å². The molecule has 0 radical (unpaired) electrons. The van der Waals surface area contributed by atoms with E-state index in [1.807, 2.05) is 62.3 Å². The van der Waals surface area contributed by atoms with Crippen molar-refractivity contribution in [3.8, 4) is 17.1 Å². The third-order valence-corrected chi connectivity index (χ3v) is 18.8. The van der Waals surface area contributed by atoms with E-state index in [0.29, 0.717) is 119 Å². The third-order valence-electron chi connectivity index (χ3n) is 18.1. The van der Waals surface area contributed by atoms with Crippen LogP contribution in [0.2, 0.25) is 15.1 Å². The molecule has 0 aliphatic carbocycles. The second kappa shape index (κ2) is 32.2. The fourth-order valence-electron chi connectivity index (χ4n) is 12.8. The van der Waals surface area contributed by atoms with Crippen LogP contribution in [0.15, 0.2) is 59.0 Å². The number of rotatable bonds is 16. The van der Waals surface area contributed by atoms with Gasteiger partial charge < -0.3 is 54.8 Å². The summed E-state index contributed by atoms with van der Waals surface area (Å²) >= 11 is 18.2. The number of ether oxygens (including phenoxy) is 3. The Labute approximate surface area is 607 Å². The van der Waals surface area contributed by atoms with E-state index in [2.05, 4.69) is 46.8 Å². The van der Waals surface area contributed by atoms with Crippen LogP contribution in [0.3, 0.4) is 0 Å². The Bertz CT molecular complexity index is 4360. The number of aliphatic hydroxyl groups is 1. The summed E-state index contributed by atoms with van der Waals surface area (Å²) in [6, 6.07) is 9.68. The normalized spacial score (nSPS) is 16.9. The topological polar surface area (TPSA) is 314 Å². The molecule has 0 spiro atoms. The first-order valence-corrected chi connectivity index (χ1v) is 35.0. The maximum Gasteiger partial charge on any atom is 0.272 e. The third kappa shape index (κ3) is 17.8. The fourth-order valence-corrected chi connectivity index (χ4v) is 13.3. The van der Waals surface area contributed by atoms with Gasteiger partial charge in [-0.15, -0.1) is 10.2 Å². The molecule has 5 N–H and O–H groups in total. The average molecular weight is 1490 g/mol. The van der Waals surface area contributed by atoms with Crippen LogP contribution in [0.4, 0.5) is 13.2 Å². The minimum Gasteiger partial charge on any atom is -0.426 e. The lowest BCUT2D eigenvalue weighted by Crippen LogP contribution is -2.59. The number of carbonyl (C=O) groups is 7. The molecule has 0 saturated carbocycles. The molecule has 4 atom stereocenters. The summed E-state index contributed by atoms with van der Waals surface area (Å²) in [4.78, 5) is 94.9. The molecule has 7 aromatic rings. The van der Waals surface area contributed by atoms with Gasteiger partial charge >= 0.3 is 0 Å². The molecule has 6 amide bonds. The highest BCUT2D eigenvalue weighted by molar-refractivity contribution is 6.31. The van der Waals surface area contributed by atoms with Crippen LogP contribution < -0.4 is 21.3 Å². The van der Waals surface area contributed by atoms with Gasteiger partial charge in [-0.3, -0.25) is 33.6 Å². The number of ketones is 1. The number of nitrogens with one attached hydrogen (secondary N) is 4. The zero-order valence-corrected chi connectivity index (χ0v) is 61.2. The molecule has 5 aliphatic heterocycles. The van der Waals surface area contributed by atoms with Crippen LogP contribution in [-0.4, -0.2) is 172 Å². The number of nitrogens with zero attached hydrogens (tertiary/aromatic N) is 10. The maximum atomic E-state index is 14.6. The lowest BCUT2D eigenvalue weighted by atomic mass is 9.82. The Morgan fingerprint density at radius 3 is 1.39 bits per heavy atom. The molecule has 2 fully saturated rings. The van der Waals surface area contributed by atoms with E-state index in [1.54, 1.807) is 11.8 Å². The van der Waals surface area contributed by atoms with Gasteiger partial charge in [-0.05, 0) is 83.7 Å². The summed E-state index contributed by atoms with van der Waals surface area (Å²) in [6.07, 6.45) is 3.27. The molecule has 4 aromatic heterocycles. The second-order valence-corrected chi connectivity index (χ2v) is 30.2. The SMILES string of the molecule is CC(C)(C)[C@H](NC(=O)c1nn(-c2cc(Cl)ccc2F)c2c1COCC2)C(=O)N1CCC[C@H]1CO.CC(C)(C)[C@H](NC(=O)c1nn(-c2cc(Cl)ccc2F)c2c1COCC2)C(=O)N1CCNC(=O)C1.Cc1nnc(CCC(=O)[C@@H](NC(=O)c2nn(-c3cc(Cl)ccc3F)c3c2COCC3)C(C)(C)C)o1. The van der Waals surface area contributed by atoms with E-state index in [9.17, 15) is 51.8 Å². The number of amides is 6. The first-order chi connectivity index (χ1) is 48.7. The molecule has 9 heterocycles. The number of likely N-dealkylation sites (tertiary alicyclic amines) is 1. The van der Waals surface area contributed by atoms with Crippen LogP contribution in [-0.2, 0) is 78.9 Å². The van der Waals surface area contributed by atoms with Crippen LogP contribution >= 0.6 is 34.8 Å². The van der Waals surface area contributed by atoms with Gasteiger partial charge in [0.15, 0.2) is 22.9 Å². The summed E-state index contributed by atoms with van der Waals surface area (Å²) in [5.74, 6) is -3.40. The highest BCUT2D eigenvalue weighted by Crippen LogP contribution is 2.34. The number of Topliss-reactive ketones (excluding diaryl/α,β-unsaturated/α-hetero) is 1. The van der Waals surface area contributed by atoms with Crippen LogP contribution in [0.5, 0.6) is 0 Å². The number of hydrogen-bond acceptors (Lipinski definition) is 17. The maximum absolute atomic E-state index is 14.6. The van der Waals surface area contributed by atoms with Gasteiger partial charge in [0.05, 0.1) is 82.0 Å². The molecule has 3 aromatic carbocycles. The van der Waals surface area contributed by atoms with Crippen molar-refractivity contribution in [2.45, 2.75) is 158 Å². The molecular formula is C71H84Cl3F3N14O12. The van der Waals surface area contributed by atoms with Gasteiger partial charge in [0, 0.05) is 90.4 Å². The Morgan fingerprint density at radius 2 is 1.01 bits per heavy atom. The smallest absolute Gasteiger partial charge is 0.272 e. The summed E-state index contributed by atoms with van der Waals surface area (Å²) in [6.45, 7) is 21.2. The highest BCUT2D eigenvalue weighted by atomic mass is 35.5. The summed E-state index contributed by atoms with van der Waals surface area (Å²) in [5, 5.41) is 42.9. The quantitative estimate of drug-likeness (QED) is 0.0605. The van der Waals surface area contributed by atoms with Crippen molar-refractivity contribution in [3.63, 3.8) is 0 Å². The van der Waals surface area contributed by atoms with E-state index < -0.39 is 69.5 Å². The minimum absolute atomic E-state index is 0.0623. The molecule has 12 rings (SSSR count). The predicted molar refractivity (Wildman–Crippen MR) is 372 cm³/mol. The van der Waals surface area contributed by atoms with E-state index in [1.165, 1.54) is 73.5 Å². The second-order valence-electron chi connectivity index (χ2n) is 28.9. The zero-order valence-electron chi connectivity index (χ0n) is 58.9. The summed E-state index contributed by atoms with van der Waals surface area (Å²) in [5.41, 5.74) is 2.55. The van der Waals surface area contributed by atoms with Crippen molar-refractivity contribution >= 4 is 76.0 Å². The molecule has 0 unspecified atom stereocenters. The lowest BCUT2D eigenvalue weighted by Gasteiger charge is -2.36. The Hall–Kier alpha value is -8.58. The number of aliphatic hydroxyl groups excluding tert-OH is 1. The first-order valence-electron chi connectivity index (χ1n) is 33.8. The number of carbonyl (C=O) groups excluding carboxylic acids is 7. The van der Waals surface area contributed by atoms with Crippen molar-refractivity contribution in [2.24, 2.45) is 16.2 Å². The van der Waals surface area contributed by atoms with Crippen LogP contribution in [0, 0.1) is 40.6 Å². The van der Waals surface area contributed by atoms with E-state index >= 15 is 0 Å². The van der Waals surface area contributed by atoms with Gasteiger partial charge in [-0.2, -0.15) is 15.3 Å². The molecule has 2 saturated heterocycles. The Balaban J connectivity index is 0.000000166. The van der Waals surface area contributed by atoms with Crippen molar-refractivity contribution in [1.82, 2.24) is 70.6 Å². The van der Waals surface area contributed by atoms with Gasteiger partial charge in [-0.25, -0.2) is 27.2 Å². The molecule has 5 aliphatic rings. The van der Waals surface area contributed by atoms with Crippen LogP contribution in [0.1, 0.15) is 159 Å². The Morgan fingerprint density at radius 1 is 0.602 bits per heavy atom. The van der Waals surface area contributed by atoms with E-state index in [0.717, 1.165) is 12.8 Å². The number of benzene rings is 3. The summed E-state index contributed by atoms with van der Waals surface area (Å²) in [7, 11) is 0. The summed E-state index contributed by atoms with van der Waals surface area (Å²) < 4.78 is 70.1. The molecular weight excluding hydrogens is 1400 g/mol. The number of aryl methyl sites for hydroxylation is 2. The number of hydrogen-bond donors (Lipinski definition) is 5.